The van der Waals surface area contributed by atoms with Crippen LogP contribution < -0.4 is 11.1 Å². The fourth-order valence-corrected chi connectivity index (χ4v) is 1.93. The summed E-state index contributed by atoms with van der Waals surface area (Å²) in [4.78, 5) is 12.1. The van der Waals surface area contributed by atoms with Crippen LogP contribution in [0, 0.1) is 13.8 Å². The zero-order chi connectivity index (χ0) is 15.8. The molecule has 1 aromatic carbocycles. The second-order valence-corrected chi connectivity index (χ2v) is 4.53. The number of anilines is 2. The minimum Gasteiger partial charge on any atom is -0.398 e. The number of carbonyl (C=O) groups is 1. The van der Waals surface area contributed by atoms with Gasteiger partial charge in [0.1, 0.15) is 0 Å². The van der Waals surface area contributed by atoms with E-state index in [0.29, 0.717) is 17.1 Å². The summed E-state index contributed by atoms with van der Waals surface area (Å²) in [6.07, 6.45) is -4.61. The van der Waals surface area contributed by atoms with Crippen molar-refractivity contribution in [2.45, 2.75) is 20.0 Å². The van der Waals surface area contributed by atoms with Gasteiger partial charge in [-0.2, -0.15) is 18.3 Å². The molecule has 0 aliphatic carbocycles. The van der Waals surface area contributed by atoms with Crippen LogP contribution in [0.25, 0.3) is 0 Å². The van der Waals surface area contributed by atoms with Crippen LogP contribution >= 0.6 is 0 Å². The molecule has 0 bridgehead atoms. The lowest BCUT2D eigenvalue weighted by Crippen LogP contribution is -2.18. The zero-order valence-electron chi connectivity index (χ0n) is 11.3. The number of H-pyrrole nitrogens is 1. The summed E-state index contributed by atoms with van der Waals surface area (Å²) in [5.74, 6) is -0.716. The first-order chi connectivity index (χ1) is 9.71. The Kier molecular flexibility index (Phi) is 3.63. The van der Waals surface area contributed by atoms with E-state index in [0.717, 1.165) is 12.1 Å². The molecular formula is C13H13F3N4O. The lowest BCUT2D eigenvalue weighted by Gasteiger charge is -2.13. The number of hydrogen-bond acceptors (Lipinski definition) is 3. The topological polar surface area (TPSA) is 83.8 Å². The van der Waals surface area contributed by atoms with E-state index in [-0.39, 0.29) is 5.56 Å². The standard InChI is InChI=1S/C13H13F3N4O/c1-6-11(7(2)20-19-6)18-12(21)8-4-3-5-9(10(8)17)13(14,15)16/h3-5H,17H2,1-2H3,(H,18,21)(H,19,20). The minimum atomic E-state index is -4.61. The van der Waals surface area contributed by atoms with Gasteiger partial charge in [-0.25, -0.2) is 0 Å². The maximum absolute atomic E-state index is 12.8. The summed E-state index contributed by atoms with van der Waals surface area (Å²) in [5.41, 5.74) is 5.18. The molecule has 0 unspecified atom stereocenters. The van der Waals surface area contributed by atoms with Gasteiger partial charge in [0.25, 0.3) is 5.91 Å². The first kappa shape index (κ1) is 14.9. The van der Waals surface area contributed by atoms with Crippen molar-refractivity contribution in [2.24, 2.45) is 0 Å². The van der Waals surface area contributed by atoms with E-state index >= 15 is 0 Å². The predicted molar refractivity (Wildman–Crippen MR) is 71.9 cm³/mol. The molecule has 0 radical (unpaired) electrons. The number of amides is 1. The lowest BCUT2D eigenvalue weighted by atomic mass is 10.1. The van der Waals surface area contributed by atoms with Crippen LogP contribution in [0.5, 0.6) is 0 Å². The summed E-state index contributed by atoms with van der Waals surface area (Å²) >= 11 is 0. The monoisotopic (exact) mass is 298 g/mol. The minimum absolute atomic E-state index is 0.232. The van der Waals surface area contributed by atoms with Gasteiger partial charge in [0.15, 0.2) is 0 Å². The Morgan fingerprint density at radius 1 is 1.33 bits per heavy atom. The number of benzene rings is 1. The highest BCUT2D eigenvalue weighted by Gasteiger charge is 2.34. The van der Waals surface area contributed by atoms with E-state index in [4.69, 9.17) is 5.73 Å². The Bertz CT molecular complexity index is 672. The molecule has 0 saturated carbocycles. The number of nitrogens with zero attached hydrogens (tertiary/aromatic N) is 1. The fraction of sp³-hybridized carbons (Fsp3) is 0.231. The van der Waals surface area contributed by atoms with Crippen molar-refractivity contribution in [2.75, 3.05) is 11.1 Å². The normalized spacial score (nSPS) is 11.5. The number of carbonyl (C=O) groups excluding carboxylic acids is 1. The predicted octanol–water partition coefficient (Wildman–Crippen LogP) is 2.88. The van der Waals surface area contributed by atoms with Crippen LogP contribution in [0.15, 0.2) is 18.2 Å². The van der Waals surface area contributed by atoms with Crippen molar-refractivity contribution in [1.29, 1.82) is 0 Å². The van der Waals surface area contributed by atoms with E-state index in [2.05, 4.69) is 15.5 Å². The van der Waals surface area contributed by atoms with Gasteiger partial charge in [-0.3, -0.25) is 9.89 Å². The van der Waals surface area contributed by atoms with Crippen LogP contribution in [-0.4, -0.2) is 16.1 Å². The van der Waals surface area contributed by atoms with E-state index in [1.165, 1.54) is 6.07 Å². The SMILES string of the molecule is Cc1n[nH]c(C)c1NC(=O)c1cccc(C(F)(F)F)c1N. The Morgan fingerprint density at radius 3 is 2.52 bits per heavy atom. The molecule has 5 nitrogen and oxygen atoms in total. The molecule has 1 heterocycles. The number of nitrogens with one attached hydrogen (secondary N) is 2. The average molecular weight is 298 g/mol. The van der Waals surface area contributed by atoms with Crippen LogP contribution in [0.4, 0.5) is 24.5 Å². The third-order valence-electron chi connectivity index (χ3n) is 3.02. The number of nitrogens with two attached hydrogens (primary N) is 1. The summed E-state index contributed by atoms with van der Waals surface area (Å²) in [6.45, 7) is 3.35. The van der Waals surface area contributed by atoms with Crippen LogP contribution in [0.1, 0.15) is 27.3 Å². The Balaban J connectivity index is 2.37. The van der Waals surface area contributed by atoms with E-state index in [1.54, 1.807) is 13.8 Å². The number of nitrogen functional groups attached to an aromatic ring is 1. The van der Waals surface area contributed by atoms with Crippen molar-refractivity contribution in [3.63, 3.8) is 0 Å². The van der Waals surface area contributed by atoms with Crippen LogP contribution in [0.2, 0.25) is 0 Å². The van der Waals surface area contributed by atoms with Gasteiger partial charge in [-0.15, -0.1) is 0 Å². The number of para-hydroxylation sites is 1. The van der Waals surface area contributed by atoms with Gasteiger partial charge >= 0.3 is 6.18 Å². The summed E-state index contributed by atoms with van der Waals surface area (Å²) in [7, 11) is 0. The van der Waals surface area contributed by atoms with E-state index in [9.17, 15) is 18.0 Å². The molecule has 0 spiro atoms. The molecule has 0 aliphatic heterocycles. The van der Waals surface area contributed by atoms with Crippen molar-refractivity contribution >= 4 is 17.3 Å². The van der Waals surface area contributed by atoms with Crippen molar-refractivity contribution in [1.82, 2.24) is 10.2 Å². The lowest BCUT2D eigenvalue weighted by molar-refractivity contribution is -0.136. The second kappa shape index (κ2) is 5.12. The summed E-state index contributed by atoms with van der Waals surface area (Å²) in [5, 5.41) is 9.07. The van der Waals surface area contributed by atoms with Crippen LogP contribution in [-0.2, 0) is 6.18 Å². The smallest absolute Gasteiger partial charge is 0.398 e. The van der Waals surface area contributed by atoms with Crippen molar-refractivity contribution in [3.8, 4) is 0 Å². The Hall–Kier alpha value is -2.51. The summed E-state index contributed by atoms with van der Waals surface area (Å²) in [6, 6.07) is 3.22. The number of hydrogen-bond donors (Lipinski definition) is 3. The quantitative estimate of drug-likeness (QED) is 0.745. The number of halogens is 3. The molecule has 112 valence electrons. The molecule has 8 heteroatoms. The van der Waals surface area contributed by atoms with Crippen LogP contribution in [0.3, 0.4) is 0 Å². The molecule has 0 atom stereocenters. The van der Waals surface area contributed by atoms with Gasteiger partial charge in [-0.1, -0.05) is 6.07 Å². The largest absolute Gasteiger partial charge is 0.418 e. The highest BCUT2D eigenvalue weighted by molar-refractivity contribution is 6.08. The molecular weight excluding hydrogens is 285 g/mol. The summed E-state index contributed by atoms with van der Waals surface area (Å²) < 4.78 is 38.3. The molecule has 0 fully saturated rings. The first-order valence-corrected chi connectivity index (χ1v) is 6.00. The number of aromatic amines is 1. The Labute approximate surface area is 118 Å². The van der Waals surface area contributed by atoms with E-state index in [1.807, 2.05) is 0 Å². The maximum Gasteiger partial charge on any atom is 0.418 e. The number of alkyl halides is 3. The van der Waals surface area contributed by atoms with Gasteiger partial charge < -0.3 is 11.1 Å². The number of rotatable bonds is 2. The molecule has 0 saturated heterocycles. The second-order valence-electron chi connectivity index (χ2n) is 4.53. The Morgan fingerprint density at radius 2 is 2.00 bits per heavy atom. The number of aromatic nitrogens is 2. The van der Waals surface area contributed by atoms with Crippen molar-refractivity contribution < 1.29 is 18.0 Å². The highest BCUT2D eigenvalue weighted by Crippen LogP contribution is 2.35. The van der Waals surface area contributed by atoms with Crippen molar-refractivity contribution in [3.05, 3.63) is 40.7 Å². The van der Waals surface area contributed by atoms with E-state index < -0.39 is 23.3 Å². The molecule has 21 heavy (non-hydrogen) atoms. The third-order valence-corrected chi connectivity index (χ3v) is 3.02. The van der Waals surface area contributed by atoms with Gasteiger partial charge in [0.2, 0.25) is 0 Å². The number of aryl methyl sites for hydroxylation is 2. The van der Waals surface area contributed by atoms with Gasteiger partial charge in [0.05, 0.1) is 33.9 Å². The molecule has 2 aromatic rings. The third kappa shape index (κ3) is 2.83. The average Bonchev–Trinajstić information content (AvgIpc) is 2.69. The molecule has 1 amide bonds. The fourth-order valence-electron chi connectivity index (χ4n) is 1.93. The molecule has 2 rings (SSSR count). The molecule has 1 aromatic heterocycles. The first-order valence-electron chi connectivity index (χ1n) is 6.00. The maximum atomic E-state index is 12.8. The molecule has 0 aliphatic rings. The highest BCUT2D eigenvalue weighted by atomic mass is 19.4. The zero-order valence-corrected chi connectivity index (χ0v) is 11.3. The van der Waals surface area contributed by atoms with Gasteiger partial charge in [0, 0.05) is 0 Å². The van der Waals surface area contributed by atoms with Gasteiger partial charge in [-0.05, 0) is 26.0 Å². The molecule has 4 N–H and O–H groups in total.